The lowest BCUT2D eigenvalue weighted by Crippen LogP contribution is -2.13. The number of thiophene rings is 1. The monoisotopic (exact) mass is 417 g/mol. The van der Waals surface area contributed by atoms with Crippen molar-refractivity contribution in [3.05, 3.63) is 28.2 Å². The Hall–Kier alpha value is -1.67. The maximum atomic E-state index is 5.38. The molecule has 0 saturated heterocycles. The molecule has 4 rings (SSSR count). The van der Waals surface area contributed by atoms with Crippen molar-refractivity contribution in [2.24, 2.45) is 13.0 Å². The van der Waals surface area contributed by atoms with Crippen LogP contribution in [0.4, 0.5) is 0 Å². The fraction of sp³-hybridized carbons (Fsp3) is 0.600. The highest BCUT2D eigenvalue weighted by Gasteiger charge is 2.23. The van der Waals surface area contributed by atoms with Crippen LogP contribution in [0, 0.1) is 5.92 Å². The second-order valence-corrected chi connectivity index (χ2v) is 10.6. The molecule has 3 aromatic rings. The van der Waals surface area contributed by atoms with Crippen LogP contribution in [0.2, 0.25) is 0 Å². The molecule has 150 valence electrons. The van der Waals surface area contributed by atoms with Crippen LogP contribution in [-0.2, 0) is 31.1 Å². The molecular weight excluding hydrogens is 390 g/mol. The third-order valence-corrected chi connectivity index (χ3v) is 7.52. The van der Waals surface area contributed by atoms with Gasteiger partial charge in [-0.05, 0) is 36.8 Å². The number of fused-ring (bicyclic) bond motifs is 1. The Morgan fingerprint density at radius 3 is 2.86 bits per heavy atom. The van der Waals surface area contributed by atoms with Crippen LogP contribution < -0.4 is 0 Å². The van der Waals surface area contributed by atoms with Gasteiger partial charge in [0, 0.05) is 17.3 Å². The van der Waals surface area contributed by atoms with E-state index in [4.69, 9.17) is 4.52 Å². The molecule has 0 fully saturated rings. The second-order valence-electron chi connectivity index (χ2n) is 8.49. The molecule has 0 spiro atoms. The Kier molecular flexibility index (Phi) is 5.35. The molecule has 3 heterocycles. The quantitative estimate of drug-likeness (QED) is 0.542. The van der Waals surface area contributed by atoms with Crippen LogP contribution in [0.5, 0.6) is 0 Å². The standard InChI is InChI=1S/C20H27N5OS2/c1-6-12-7-8-14-13(9-12)10-15(28-14)17-22-23-19(25(17)5)27-11-16-21-18(24-26-16)20(2,3)4/h10,12H,6-9,11H2,1-5H3. The van der Waals surface area contributed by atoms with E-state index in [1.165, 1.54) is 41.0 Å². The molecule has 1 atom stereocenters. The molecule has 28 heavy (non-hydrogen) atoms. The Labute approximate surface area is 174 Å². The normalized spacial score (nSPS) is 17.1. The molecule has 0 bridgehead atoms. The molecule has 8 heteroatoms. The van der Waals surface area contributed by atoms with Gasteiger partial charge >= 0.3 is 0 Å². The zero-order chi connectivity index (χ0) is 19.9. The van der Waals surface area contributed by atoms with Gasteiger partial charge in [-0.1, -0.05) is 51.0 Å². The summed E-state index contributed by atoms with van der Waals surface area (Å²) in [4.78, 5) is 7.24. The van der Waals surface area contributed by atoms with Gasteiger partial charge in [-0.2, -0.15) is 4.98 Å². The van der Waals surface area contributed by atoms with Crippen LogP contribution in [0.1, 0.15) is 62.7 Å². The number of rotatable bonds is 5. The highest BCUT2D eigenvalue weighted by Crippen LogP contribution is 2.38. The Morgan fingerprint density at radius 1 is 1.32 bits per heavy atom. The van der Waals surface area contributed by atoms with Crippen molar-refractivity contribution in [2.75, 3.05) is 0 Å². The van der Waals surface area contributed by atoms with E-state index in [1.807, 2.05) is 18.4 Å². The fourth-order valence-corrected chi connectivity index (χ4v) is 5.43. The first-order valence-corrected chi connectivity index (χ1v) is 11.6. The van der Waals surface area contributed by atoms with Crippen molar-refractivity contribution in [3.8, 4) is 10.7 Å². The minimum Gasteiger partial charge on any atom is -0.338 e. The van der Waals surface area contributed by atoms with Gasteiger partial charge in [-0.25, -0.2) is 0 Å². The summed E-state index contributed by atoms with van der Waals surface area (Å²) in [6, 6.07) is 2.33. The molecule has 0 N–H and O–H groups in total. The predicted octanol–water partition coefficient (Wildman–Crippen LogP) is 5.03. The molecule has 1 aliphatic rings. The average Bonchev–Trinajstić information content (AvgIpc) is 3.36. The van der Waals surface area contributed by atoms with Crippen LogP contribution in [-0.4, -0.2) is 24.9 Å². The number of thioether (sulfide) groups is 1. The molecule has 0 radical (unpaired) electrons. The van der Waals surface area contributed by atoms with E-state index in [9.17, 15) is 0 Å². The summed E-state index contributed by atoms with van der Waals surface area (Å²) in [5.74, 6) is 3.71. The lowest BCUT2D eigenvalue weighted by atomic mass is 9.87. The number of aromatic nitrogens is 5. The van der Waals surface area contributed by atoms with Gasteiger partial charge < -0.3 is 9.09 Å². The number of aryl methyl sites for hydroxylation is 1. The third kappa shape index (κ3) is 3.89. The highest BCUT2D eigenvalue weighted by atomic mass is 32.2. The summed E-state index contributed by atoms with van der Waals surface area (Å²) in [7, 11) is 2.03. The van der Waals surface area contributed by atoms with Gasteiger partial charge in [0.05, 0.1) is 10.6 Å². The summed E-state index contributed by atoms with van der Waals surface area (Å²) in [6.07, 6.45) is 4.98. The van der Waals surface area contributed by atoms with Gasteiger partial charge in [0.15, 0.2) is 16.8 Å². The van der Waals surface area contributed by atoms with Crippen molar-refractivity contribution in [2.45, 2.75) is 69.7 Å². The van der Waals surface area contributed by atoms with Crippen molar-refractivity contribution >= 4 is 23.1 Å². The lowest BCUT2D eigenvalue weighted by molar-refractivity contribution is 0.372. The molecule has 1 unspecified atom stereocenters. The highest BCUT2D eigenvalue weighted by molar-refractivity contribution is 7.98. The largest absolute Gasteiger partial charge is 0.338 e. The summed E-state index contributed by atoms with van der Waals surface area (Å²) in [6.45, 7) is 8.52. The van der Waals surface area contributed by atoms with E-state index in [0.29, 0.717) is 11.6 Å². The van der Waals surface area contributed by atoms with Crippen LogP contribution in [0.25, 0.3) is 10.7 Å². The average molecular weight is 418 g/mol. The van der Waals surface area contributed by atoms with Gasteiger partial charge in [0.1, 0.15) is 0 Å². The van der Waals surface area contributed by atoms with E-state index in [0.717, 1.165) is 22.7 Å². The first-order valence-electron chi connectivity index (χ1n) is 9.82. The number of nitrogens with zero attached hydrogens (tertiary/aromatic N) is 5. The molecule has 6 nitrogen and oxygen atoms in total. The van der Waals surface area contributed by atoms with E-state index >= 15 is 0 Å². The first-order chi connectivity index (χ1) is 13.3. The van der Waals surface area contributed by atoms with Gasteiger partial charge in [0.2, 0.25) is 5.89 Å². The molecule has 0 saturated carbocycles. The zero-order valence-corrected chi connectivity index (χ0v) is 18.8. The van der Waals surface area contributed by atoms with Crippen molar-refractivity contribution < 1.29 is 4.52 Å². The van der Waals surface area contributed by atoms with Crippen LogP contribution >= 0.6 is 23.1 Å². The SMILES string of the molecule is CCC1CCc2sc(-c3nnc(SCc4nc(C(C)(C)C)no4)n3C)cc2C1. The number of hydrogen-bond acceptors (Lipinski definition) is 7. The lowest BCUT2D eigenvalue weighted by Gasteiger charge is -2.19. The predicted molar refractivity (Wildman–Crippen MR) is 113 cm³/mol. The number of hydrogen-bond donors (Lipinski definition) is 0. The molecule has 0 aromatic carbocycles. The van der Waals surface area contributed by atoms with E-state index in [1.54, 1.807) is 11.8 Å². The van der Waals surface area contributed by atoms with Crippen LogP contribution in [0.3, 0.4) is 0 Å². The Morgan fingerprint density at radius 2 is 2.14 bits per heavy atom. The van der Waals surface area contributed by atoms with E-state index in [-0.39, 0.29) is 5.41 Å². The molecule has 0 aliphatic heterocycles. The summed E-state index contributed by atoms with van der Waals surface area (Å²) in [5.41, 5.74) is 1.40. The Bertz CT molecular complexity index is 966. The minimum atomic E-state index is -0.112. The maximum Gasteiger partial charge on any atom is 0.237 e. The van der Waals surface area contributed by atoms with Crippen molar-refractivity contribution in [1.82, 2.24) is 24.9 Å². The summed E-state index contributed by atoms with van der Waals surface area (Å²) >= 11 is 3.45. The van der Waals surface area contributed by atoms with E-state index < -0.39 is 0 Å². The second kappa shape index (κ2) is 7.63. The van der Waals surface area contributed by atoms with Gasteiger partial charge in [-0.15, -0.1) is 21.5 Å². The van der Waals surface area contributed by atoms with Crippen molar-refractivity contribution in [1.29, 1.82) is 0 Å². The van der Waals surface area contributed by atoms with E-state index in [2.05, 4.69) is 58.7 Å². The fourth-order valence-electron chi connectivity index (χ4n) is 3.46. The first kappa shape index (κ1) is 19.6. The van der Waals surface area contributed by atoms with Gasteiger partial charge in [0.25, 0.3) is 0 Å². The van der Waals surface area contributed by atoms with Gasteiger partial charge in [-0.3, -0.25) is 0 Å². The molecule has 3 aromatic heterocycles. The summed E-state index contributed by atoms with van der Waals surface area (Å²) < 4.78 is 7.45. The van der Waals surface area contributed by atoms with Crippen molar-refractivity contribution in [3.63, 3.8) is 0 Å². The Balaban J connectivity index is 1.48. The smallest absolute Gasteiger partial charge is 0.237 e. The topological polar surface area (TPSA) is 69.6 Å². The minimum absolute atomic E-state index is 0.112. The summed E-state index contributed by atoms with van der Waals surface area (Å²) in [5, 5.41) is 13.8. The molecule has 1 aliphatic carbocycles. The van der Waals surface area contributed by atoms with Crippen LogP contribution in [0.15, 0.2) is 15.7 Å². The maximum absolute atomic E-state index is 5.38. The zero-order valence-electron chi connectivity index (χ0n) is 17.2. The molecular formula is C20H27N5OS2. The third-order valence-electron chi connectivity index (χ3n) is 5.28. The molecule has 0 amide bonds.